The summed E-state index contributed by atoms with van der Waals surface area (Å²) in [6.45, 7) is 1.77. The largest absolute Gasteiger partial charge is 0.469 e. The third-order valence-electron chi connectivity index (χ3n) is 1.98. The Labute approximate surface area is 86.6 Å². The Morgan fingerprint density at radius 3 is 2.79 bits per heavy atom. The second-order valence-electron chi connectivity index (χ2n) is 2.91. The lowest BCUT2D eigenvalue weighted by atomic mass is 10.1. The number of hydrogen-bond acceptors (Lipinski definition) is 2. The fourth-order valence-electron chi connectivity index (χ4n) is 1.12. The lowest BCUT2D eigenvalue weighted by molar-refractivity contribution is -0.139. The monoisotopic (exact) mass is 216 g/mol. The van der Waals surface area contributed by atoms with E-state index in [1.54, 1.807) is 13.0 Å². The van der Waals surface area contributed by atoms with E-state index < -0.39 is 11.8 Å². The number of esters is 1. The molecule has 14 heavy (non-hydrogen) atoms. The highest BCUT2D eigenvalue weighted by Crippen LogP contribution is 2.23. The minimum atomic E-state index is -0.517. The van der Waals surface area contributed by atoms with Gasteiger partial charge in [-0.3, -0.25) is 4.79 Å². The third kappa shape index (κ3) is 2.23. The van der Waals surface area contributed by atoms with Crippen LogP contribution in [-0.2, 0) is 16.0 Å². The van der Waals surface area contributed by atoms with E-state index in [2.05, 4.69) is 4.74 Å². The molecule has 1 aromatic carbocycles. The highest BCUT2D eigenvalue weighted by Gasteiger charge is 2.12. The topological polar surface area (TPSA) is 26.3 Å². The van der Waals surface area contributed by atoms with Crippen LogP contribution in [0.15, 0.2) is 12.1 Å². The summed E-state index contributed by atoms with van der Waals surface area (Å²) in [5.74, 6) is -0.947. The Balaban J connectivity index is 3.06. The van der Waals surface area contributed by atoms with Gasteiger partial charge < -0.3 is 4.74 Å². The van der Waals surface area contributed by atoms with E-state index in [0.29, 0.717) is 5.56 Å². The van der Waals surface area contributed by atoms with Gasteiger partial charge in [0.05, 0.1) is 18.6 Å². The van der Waals surface area contributed by atoms with Gasteiger partial charge in [0.25, 0.3) is 0 Å². The van der Waals surface area contributed by atoms with E-state index >= 15 is 0 Å². The summed E-state index contributed by atoms with van der Waals surface area (Å²) in [7, 11) is 1.28. The van der Waals surface area contributed by atoms with Crippen LogP contribution in [0.25, 0.3) is 0 Å². The normalized spacial score (nSPS) is 10.0. The standard InChI is InChI=1S/C10H10ClFO2/c1-6-3-4-8(12)10(11)7(6)5-9(13)14-2/h3-4H,5H2,1-2H3. The van der Waals surface area contributed by atoms with Crippen LogP contribution in [0.5, 0.6) is 0 Å². The van der Waals surface area contributed by atoms with Crippen molar-refractivity contribution in [3.05, 3.63) is 34.1 Å². The van der Waals surface area contributed by atoms with Crippen molar-refractivity contribution in [1.29, 1.82) is 0 Å². The van der Waals surface area contributed by atoms with Gasteiger partial charge in [0.1, 0.15) is 5.82 Å². The molecule has 0 saturated carbocycles. The molecule has 2 nitrogen and oxygen atoms in total. The van der Waals surface area contributed by atoms with Gasteiger partial charge in [-0.25, -0.2) is 4.39 Å². The molecule has 0 aliphatic rings. The Kier molecular flexibility index (Phi) is 3.47. The van der Waals surface area contributed by atoms with Crippen molar-refractivity contribution in [2.45, 2.75) is 13.3 Å². The second-order valence-corrected chi connectivity index (χ2v) is 3.29. The van der Waals surface area contributed by atoms with Crippen LogP contribution in [-0.4, -0.2) is 13.1 Å². The minimum Gasteiger partial charge on any atom is -0.469 e. The Hall–Kier alpha value is -1.09. The molecule has 0 unspecified atom stereocenters. The number of aryl methyl sites for hydroxylation is 1. The first-order chi connectivity index (χ1) is 6.56. The number of benzene rings is 1. The first-order valence-electron chi connectivity index (χ1n) is 4.06. The molecule has 0 radical (unpaired) electrons. The molecule has 0 N–H and O–H groups in total. The highest BCUT2D eigenvalue weighted by molar-refractivity contribution is 6.31. The fourth-order valence-corrected chi connectivity index (χ4v) is 1.40. The molecular formula is C10H10ClFO2. The molecule has 0 fully saturated rings. The molecule has 0 aliphatic carbocycles. The van der Waals surface area contributed by atoms with Crippen LogP contribution in [0.2, 0.25) is 5.02 Å². The summed E-state index contributed by atoms with van der Waals surface area (Å²) in [6, 6.07) is 2.86. The number of carbonyl (C=O) groups excluding carboxylic acids is 1. The maximum Gasteiger partial charge on any atom is 0.310 e. The van der Waals surface area contributed by atoms with Gasteiger partial charge in [-0.05, 0) is 24.1 Å². The Morgan fingerprint density at radius 2 is 2.21 bits per heavy atom. The van der Waals surface area contributed by atoms with Gasteiger partial charge in [0, 0.05) is 0 Å². The summed E-state index contributed by atoms with van der Waals surface area (Å²) < 4.78 is 17.5. The van der Waals surface area contributed by atoms with E-state index in [0.717, 1.165) is 5.56 Å². The van der Waals surface area contributed by atoms with Gasteiger partial charge in [-0.15, -0.1) is 0 Å². The van der Waals surface area contributed by atoms with Crippen LogP contribution >= 0.6 is 11.6 Å². The molecule has 76 valence electrons. The average molecular weight is 217 g/mol. The smallest absolute Gasteiger partial charge is 0.310 e. The molecule has 0 aromatic heterocycles. The Bertz CT molecular complexity index is 363. The second kappa shape index (κ2) is 4.42. The number of halogens is 2. The third-order valence-corrected chi connectivity index (χ3v) is 2.39. The SMILES string of the molecule is COC(=O)Cc1c(C)ccc(F)c1Cl. The van der Waals surface area contributed by atoms with Crippen LogP contribution in [0.3, 0.4) is 0 Å². The van der Waals surface area contributed by atoms with E-state index in [4.69, 9.17) is 11.6 Å². The maximum atomic E-state index is 13.0. The highest BCUT2D eigenvalue weighted by atomic mass is 35.5. The molecule has 0 bridgehead atoms. The van der Waals surface area contributed by atoms with Crippen molar-refractivity contribution < 1.29 is 13.9 Å². The summed E-state index contributed by atoms with van der Waals surface area (Å²) >= 11 is 5.72. The predicted octanol–water partition coefficient (Wildman–Crippen LogP) is 2.50. The lowest BCUT2D eigenvalue weighted by Crippen LogP contribution is -2.07. The zero-order valence-corrected chi connectivity index (χ0v) is 8.69. The van der Waals surface area contributed by atoms with Crippen molar-refractivity contribution in [2.75, 3.05) is 7.11 Å². The zero-order valence-electron chi connectivity index (χ0n) is 7.93. The zero-order chi connectivity index (χ0) is 10.7. The maximum absolute atomic E-state index is 13.0. The molecule has 4 heteroatoms. The molecule has 0 spiro atoms. The van der Waals surface area contributed by atoms with E-state index in [9.17, 15) is 9.18 Å². The van der Waals surface area contributed by atoms with Crippen LogP contribution in [0.1, 0.15) is 11.1 Å². The van der Waals surface area contributed by atoms with Crippen molar-refractivity contribution in [3.63, 3.8) is 0 Å². The molecule has 0 saturated heterocycles. The first kappa shape index (κ1) is 11.0. The summed E-state index contributed by atoms with van der Waals surface area (Å²) in [5.41, 5.74) is 1.26. The molecule has 1 aromatic rings. The number of rotatable bonds is 2. The van der Waals surface area contributed by atoms with E-state index in [1.807, 2.05) is 0 Å². The van der Waals surface area contributed by atoms with Crippen molar-refractivity contribution in [1.82, 2.24) is 0 Å². The number of methoxy groups -OCH3 is 1. The van der Waals surface area contributed by atoms with Crippen molar-refractivity contribution in [2.24, 2.45) is 0 Å². The average Bonchev–Trinajstić information content (AvgIpc) is 2.18. The Morgan fingerprint density at radius 1 is 1.57 bits per heavy atom. The summed E-state index contributed by atoms with van der Waals surface area (Å²) in [5, 5.41) is -0.00426. The van der Waals surface area contributed by atoms with Crippen LogP contribution in [0.4, 0.5) is 4.39 Å². The molecule has 0 heterocycles. The molecule has 0 amide bonds. The lowest BCUT2D eigenvalue weighted by Gasteiger charge is -2.07. The number of carbonyl (C=O) groups is 1. The first-order valence-corrected chi connectivity index (χ1v) is 4.44. The quantitative estimate of drug-likeness (QED) is 0.710. The molecule has 1 rings (SSSR count). The van der Waals surface area contributed by atoms with Crippen LogP contribution in [0, 0.1) is 12.7 Å². The van der Waals surface area contributed by atoms with Gasteiger partial charge in [-0.2, -0.15) is 0 Å². The van der Waals surface area contributed by atoms with Crippen molar-refractivity contribution >= 4 is 17.6 Å². The van der Waals surface area contributed by atoms with Gasteiger partial charge in [-0.1, -0.05) is 17.7 Å². The summed E-state index contributed by atoms with van der Waals surface area (Å²) in [4.78, 5) is 11.0. The molecule has 0 atom stereocenters. The van der Waals surface area contributed by atoms with Gasteiger partial charge in [0.15, 0.2) is 0 Å². The van der Waals surface area contributed by atoms with E-state index in [1.165, 1.54) is 13.2 Å². The predicted molar refractivity (Wildman–Crippen MR) is 51.9 cm³/mol. The fraction of sp³-hybridized carbons (Fsp3) is 0.300. The molecule has 0 aliphatic heterocycles. The minimum absolute atomic E-state index is 0.00106. The summed E-state index contributed by atoms with van der Waals surface area (Å²) in [6.07, 6.45) is -0.00106. The van der Waals surface area contributed by atoms with E-state index in [-0.39, 0.29) is 11.4 Å². The van der Waals surface area contributed by atoms with Crippen LogP contribution < -0.4 is 0 Å². The van der Waals surface area contributed by atoms with Gasteiger partial charge >= 0.3 is 5.97 Å². The van der Waals surface area contributed by atoms with Crippen molar-refractivity contribution in [3.8, 4) is 0 Å². The number of ether oxygens (including phenoxy) is 1. The number of hydrogen-bond donors (Lipinski definition) is 0. The van der Waals surface area contributed by atoms with Gasteiger partial charge in [0.2, 0.25) is 0 Å². The molecular weight excluding hydrogens is 207 g/mol.